The molecule has 32 heavy (non-hydrogen) atoms. The number of rotatable bonds is 6. The van der Waals surface area contributed by atoms with E-state index in [2.05, 4.69) is 4.90 Å². The zero-order valence-electron chi connectivity index (χ0n) is 18.2. The van der Waals surface area contributed by atoms with E-state index in [1.807, 2.05) is 84.9 Å². The second-order valence-electron chi connectivity index (χ2n) is 7.28. The number of carbonyl (C=O) groups is 2. The Bertz CT molecular complexity index is 1170. The summed E-state index contributed by atoms with van der Waals surface area (Å²) in [6, 6.07) is 27.7. The van der Waals surface area contributed by atoms with Crippen LogP contribution >= 0.6 is 0 Å². The molecule has 0 radical (unpaired) electrons. The molecule has 0 atom stereocenters. The minimum Gasteiger partial charge on any atom is -0.489 e. The summed E-state index contributed by atoms with van der Waals surface area (Å²) in [7, 11) is 2.72. The number of hydrogen-bond donors (Lipinski definition) is 0. The van der Waals surface area contributed by atoms with Gasteiger partial charge in [0.25, 0.3) is 0 Å². The highest BCUT2D eigenvalue weighted by Gasteiger charge is 2.35. The summed E-state index contributed by atoms with van der Waals surface area (Å²) in [4.78, 5) is 27.9. The van der Waals surface area contributed by atoms with Gasteiger partial charge in [-0.1, -0.05) is 48.5 Å². The molecule has 0 unspecified atom stereocenters. The van der Waals surface area contributed by atoms with E-state index in [-0.39, 0.29) is 23.1 Å². The smallest absolute Gasteiger partial charge is 0.232 e. The average Bonchev–Trinajstić information content (AvgIpc) is 2.84. The molecule has 0 amide bonds. The molecule has 4 rings (SSSR count). The summed E-state index contributed by atoms with van der Waals surface area (Å²) < 4.78 is 10.3. The van der Waals surface area contributed by atoms with Crippen LogP contribution in [0.5, 0.6) is 0 Å². The molecular weight excluding hydrogens is 402 g/mol. The van der Waals surface area contributed by atoms with Crippen LogP contribution < -0.4 is 4.90 Å². The van der Waals surface area contributed by atoms with Crippen LogP contribution in [-0.4, -0.2) is 25.8 Å². The van der Waals surface area contributed by atoms with Crippen molar-refractivity contribution >= 4 is 34.2 Å². The van der Waals surface area contributed by atoms with Gasteiger partial charge in [0.15, 0.2) is 0 Å². The largest absolute Gasteiger partial charge is 0.489 e. The highest BCUT2D eigenvalue weighted by atomic mass is 16.5. The quantitative estimate of drug-likeness (QED) is 0.482. The number of carbonyl (C=O) groups excluding carboxylic acids is 2. The third-order valence-corrected chi connectivity index (χ3v) is 5.41. The monoisotopic (exact) mass is 425 g/mol. The zero-order chi connectivity index (χ0) is 22.7. The number of anilines is 3. The van der Waals surface area contributed by atoms with Gasteiger partial charge >= 0.3 is 0 Å². The van der Waals surface area contributed by atoms with Crippen LogP contribution in [0.2, 0.25) is 0 Å². The number of hydrogen-bond acceptors (Lipinski definition) is 5. The van der Waals surface area contributed by atoms with Gasteiger partial charge in [-0.2, -0.15) is 0 Å². The second kappa shape index (κ2) is 8.94. The first kappa shape index (κ1) is 21.1. The molecule has 0 spiro atoms. The Labute approximate surface area is 187 Å². The Hall–Kier alpha value is -4.12. The topological polar surface area (TPSA) is 55.8 Å². The van der Waals surface area contributed by atoms with Gasteiger partial charge in [0.1, 0.15) is 0 Å². The van der Waals surface area contributed by atoms with Gasteiger partial charge in [0, 0.05) is 28.2 Å². The van der Waals surface area contributed by atoms with E-state index in [4.69, 9.17) is 9.47 Å². The Kier molecular flexibility index (Phi) is 5.90. The predicted octanol–water partition coefficient (Wildman–Crippen LogP) is 5.59. The van der Waals surface area contributed by atoms with E-state index in [1.165, 1.54) is 14.2 Å². The molecule has 3 aromatic carbocycles. The lowest BCUT2D eigenvalue weighted by Gasteiger charge is -2.26. The van der Waals surface area contributed by atoms with Crippen LogP contribution in [0.25, 0.3) is 5.57 Å². The summed E-state index contributed by atoms with van der Waals surface area (Å²) in [5.74, 6) is -0.845. The zero-order valence-corrected chi connectivity index (χ0v) is 18.2. The van der Waals surface area contributed by atoms with Crippen LogP contribution in [-0.2, 0) is 19.1 Å². The SMILES string of the molecule is COC1=C(OC)C(=O)C(c2ccc(N(c3ccccc3)c3ccccc3)cc2)=C(C)C1=O. The molecular formula is C27H23NO4. The second-order valence-corrected chi connectivity index (χ2v) is 7.28. The van der Waals surface area contributed by atoms with Crippen LogP contribution in [0.4, 0.5) is 17.1 Å². The van der Waals surface area contributed by atoms with Crippen molar-refractivity contribution in [3.05, 3.63) is 108 Å². The minimum atomic E-state index is -0.364. The summed E-state index contributed by atoms with van der Waals surface area (Å²) in [5.41, 5.74) is 4.27. The first-order valence-corrected chi connectivity index (χ1v) is 10.2. The number of benzene rings is 3. The molecule has 0 aliphatic heterocycles. The maximum atomic E-state index is 13.1. The fraction of sp³-hybridized carbons (Fsp3) is 0.111. The fourth-order valence-electron chi connectivity index (χ4n) is 3.87. The number of ether oxygens (including phenoxy) is 2. The van der Waals surface area contributed by atoms with Crippen LogP contribution in [0.3, 0.4) is 0 Å². The fourth-order valence-corrected chi connectivity index (χ4v) is 3.87. The highest BCUT2D eigenvalue weighted by molar-refractivity contribution is 6.38. The Morgan fingerprint density at radius 1 is 0.594 bits per heavy atom. The van der Waals surface area contributed by atoms with Crippen molar-refractivity contribution in [2.75, 3.05) is 19.1 Å². The molecule has 0 aromatic heterocycles. The first-order chi connectivity index (χ1) is 15.6. The lowest BCUT2D eigenvalue weighted by Crippen LogP contribution is -2.24. The molecule has 0 bridgehead atoms. The molecule has 1 aliphatic rings. The number of Topliss-reactive ketones (excluding diaryl/α,β-unsaturated/α-hetero) is 2. The van der Waals surface area contributed by atoms with Crippen molar-refractivity contribution in [1.29, 1.82) is 0 Å². The Morgan fingerprint density at radius 2 is 1.03 bits per heavy atom. The average molecular weight is 425 g/mol. The third-order valence-electron chi connectivity index (χ3n) is 5.41. The molecule has 3 aromatic rings. The van der Waals surface area contributed by atoms with E-state index in [9.17, 15) is 9.59 Å². The standard InChI is InChI=1S/C27H23NO4/c1-18-23(25(30)27(32-3)26(31-2)24(18)29)19-14-16-22(17-15-19)28(20-10-6-4-7-11-20)21-12-8-5-9-13-21/h4-17H,1-3H3. The number of methoxy groups -OCH3 is 2. The first-order valence-electron chi connectivity index (χ1n) is 10.2. The molecule has 5 nitrogen and oxygen atoms in total. The van der Waals surface area contributed by atoms with Gasteiger partial charge in [0.2, 0.25) is 23.1 Å². The molecule has 0 fully saturated rings. The van der Waals surface area contributed by atoms with Gasteiger partial charge < -0.3 is 14.4 Å². The van der Waals surface area contributed by atoms with Crippen molar-refractivity contribution in [3.63, 3.8) is 0 Å². The number of allylic oxidation sites excluding steroid dienone is 2. The lowest BCUT2D eigenvalue weighted by atomic mass is 9.88. The Morgan fingerprint density at radius 3 is 1.50 bits per heavy atom. The predicted molar refractivity (Wildman–Crippen MR) is 125 cm³/mol. The van der Waals surface area contributed by atoms with Gasteiger partial charge in [-0.15, -0.1) is 0 Å². The molecule has 0 saturated carbocycles. The summed E-state index contributed by atoms with van der Waals surface area (Å²) in [6.07, 6.45) is 0. The number of ketones is 2. The maximum absolute atomic E-state index is 13.1. The van der Waals surface area contributed by atoms with E-state index in [0.717, 1.165) is 17.1 Å². The molecule has 0 saturated heterocycles. The lowest BCUT2D eigenvalue weighted by molar-refractivity contribution is -0.119. The highest BCUT2D eigenvalue weighted by Crippen LogP contribution is 2.36. The maximum Gasteiger partial charge on any atom is 0.232 e. The summed E-state index contributed by atoms with van der Waals surface area (Å²) in [6.45, 7) is 1.63. The van der Waals surface area contributed by atoms with Crippen molar-refractivity contribution in [1.82, 2.24) is 0 Å². The Balaban J connectivity index is 1.76. The van der Waals surface area contributed by atoms with Crippen molar-refractivity contribution in [2.24, 2.45) is 0 Å². The van der Waals surface area contributed by atoms with Crippen LogP contribution in [0.15, 0.2) is 102 Å². The van der Waals surface area contributed by atoms with E-state index in [1.54, 1.807) is 6.92 Å². The van der Waals surface area contributed by atoms with E-state index >= 15 is 0 Å². The minimum absolute atomic E-state index is 0.0605. The molecule has 160 valence electrons. The van der Waals surface area contributed by atoms with Gasteiger partial charge in [-0.05, 0) is 48.9 Å². The van der Waals surface area contributed by atoms with Crippen LogP contribution in [0.1, 0.15) is 12.5 Å². The van der Waals surface area contributed by atoms with Crippen LogP contribution in [0, 0.1) is 0 Å². The van der Waals surface area contributed by atoms with Crippen molar-refractivity contribution < 1.29 is 19.1 Å². The molecule has 1 aliphatic carbocycles. The third kappa shape index (κ3) is 3.69. The van der Waals surface area contributed by atoms with Gasteiger partial charge in [-0.25, -0.2) is 0 Å². The van der Waals surface area contributed by atoms with E-state index < -0.39 is 0 Å². The molecule has 0 heterocycles. The van der Waals surface area contributed by atoms with Gasteiger partial charge in [0.05, 0.1) is 14.2 Å². The number of para-hydroxylation sites is 2. The number of nitrogens with zero attached hydrogens (tertiary/aromatic N) is 1. The summed E-state index contributed by atoms with van der Waals surface area (Å²) in [5, 5.41) is 0. The van der Waals surface area contributed by atoms with E-state index in [0.29, 0.717) is 16.7 Å². The van der Waals surface area contributed by atoms with Crippen molar-refractivity contribution in [2.45, 2.75) is 6.92 Å². The molecule has 5 heteroatoms. The molecule has 0 N–H and O–H groups in total. The normalized spacial score (nSPS) is 14.0. The van der Waals surface area contributed by atoms with Crippen molar-refractivity contribution in [3.8, 4) is 0 Å². The summed E-state index contributed by atoms with van der Waals surface area (Å²) >= 11 is 0. The van der Waals surface area contributed by atoms with Gasteiger partial charge in [-0.3, -0.25) is 9.59 Å².